The van der Waals surface area contributed by atoms with E-state index in [-0.39, 0.29) is 18.3 Å². The highest BCUT2D eigenvalue weighted by Crippen LogP contribution is 2.26. The molecule has 1 atom stereocenters. The normalized spacial score (nSPS) is 16.4. The Balaban J connectivity index is 0.00000320. The fourth-order valence-electron chi connectivity index (χ4n) is 4.16. The highest BCUT2D eigenvalue weighted by molar-refractivity contribution is 6.42. The molecule has 1 unspecified atom stereocenters. The van der Waals surface area contributed by atoms with Crippen LogP contribution in [-0.2, 0) is 11.3 Å². The van der Waals surface area contributed by atoms with E-state index < -0.39 is 0 Å². The van der Waals surface area contributed by atoms with Gasteiger partial charge in [0.1, 0.15) is 6.54 Å². The smallest absolute Gasteiger partial charge is 0.255 e. The number of carbonyl (C=O) groups is 1. The van der Waals surface area contributed by atoms with E-state index >= 15 is 0 Å². The maximum absolute atomic E-state index is 12.5. The lowest BCUT2D eigenvalue weighted by Gasteiger charge is -2.43. The van der Waals surface area contributed by atoms with Gasteiger partial charge in [-0.15, -0.1) is 0 Å². The third kappa shape index (κ3) is 6.35. The van der Waals surface area contributed by atoms with Crippen molar-refractivity contribution in [1.29, 1.82) is 0 Å². The Bertz CT molecular complexity index is 839. The van der Waals surface area contributed by atoms with Gasteiger partial charge in [0.25, 0.3) is 5.91 Å². The van der Waals surface area contributed by atoms with Crippen molar-refractivity contribution in [3.05, 3.63) is 63.6 Å². The van der Waals surface area contributed by atoms with Crippen molar-refractivity contribution < 1.29 is 26.4 Å². The molecule has 164 valence electrons. The third-order valence-electron chi connectivity index (χ3n) is 5.74. The predicted molar refractivity (Wildman–Crippen MR) is 120 cm³/mol. The SMILES string of the molecule is CCC[N+](C)(Cc1ccc(NC(=O)c2ccc(Cl)c(Cl)c2)cc1)C1CCOCC1.[Cl-]. The lowest BCUT2D eigenvalue weighted by molar-refractivity contribution is -0.947. The molecular weight excluding hydrogens is 443 g/mol. The van der Waals surface area contributed by atoms with E-state index in [1.165, 1.54) is 5.56 Å². The van der Waals surface area contributed by atoms with Crippen LogP contribution in [-0.4, -0.2) is 43.2 Å². The molecule has 0 saturated carbocycles. The number of amides is 1. The lowest BCUT2D eigenvalue weighted by Crippen LogP contribution is -3.00. The van der Waals surface area contributed by atoms with Gasteiger partial charge in [0.05, 0.1) is 42.9 Å². The highest BCUT2D eigenvalue weighted by atomic mass is 35.5. The standard InChI is InChI=1S/C23H28Cl2N2O2.ClH/c1-3-12-27(2,20-10-13-29-14-11-20)16-17-4-7-19(8-5-17)26-23(28)18-6-9-21(24)22(25)15-18;/h4-9,15,20H,3,10-14,16H2,1-2H3;1H. The first kappa shape index (κ1) is 25.0. The van der Waals surface area contributed by atoms with Crippen LogP contribution < -0.4 is 17.7 Å². The number of carbonyl (C=O) groups excluding carboxylic acids is 1. The first-order valence-corrected chi connectivity index (χ1v) is 10.9. The van der Waals surface area contributed by atoms with E-state index in [1.54, 1.807) is 18.2 Å². The van der Waals surface area contributed by atoms with Crippen LogP contribution in [0.2, 0.25) is 10.0 Å². The van der Waals surface area contributed by atoms with E-state index in [0.717, 1.165) is 55.7 Å². The molecule has 0 aliphatic carbocycles. The summed E-state index contributed by atoms with van der Waals surface area (Å²) in [6.45, 7) is 6.11. The van der Waals surface area contributed by atoms with Gasteiger partial charge in [-0.1, -0.05) is 42.3 Å². The Hall–Kier alpha value is -1.30. The Morgan fingerprint density at radius 3 is 2.37 bits per heavy atom. The Kier molecular flexibility index (Phi) is 9.45. The number of halogens is 3. The second kappa shape index (κ2) is 11.4. The Morgan fingerprint density at radius 2 is 1.77 bits per heavy atom. The summed E-state index contributed by atoms with van der Waals surface area (Å²) < 4.78 is 6.60. The van der Waals surface area contributed by atoms with Gasteiger partial charge in [0.15, 0.2) is 0 Å². The first-order chi connectivity index (χ1) is 13.9. The Labute approximate surface area is 195 Å². The van der Waals surface area contributed by atoms with E-state index in [1.807, 2.05) is 12.1 Å². The van der Waals surface area contributed by atoms with Crippen LogP contribution in [0, 0.1) is 0 Å². The molecule has 1 amide bonds. The molecule has 3 rings (SSSR count). The zero-order chi connectivity index (χ0) is 20.9. The van der Waals surface area contributed by atoms with E-state index in [4.69, 9.17) is 27.9 Å². The van der Waals surface area contributed by atoms with Crippen molar-refractivity contribution >= 4 is 34.8 Å². The molecule has 1 N–H and O–H groups in total. The quantitative estimate of drug-likeness (QED) is 0.631. The molecule has 4 nitrogen and oxygen atoms in total. The summed E-state index contributed by atoms with van der Waals surface area (Å²) in [6, 6.07) is 13.7. The fourth-order valence-corrected chi connectivity index (χ4v) is 4.46. The summed E-state index contributed by atoms with van der Waals surface area (Å²) in [6.07, 6.45) is 3.40. The number of hydrogen-bond donors (Lipinski definition) is 1. The van der Waals surface area contributed by atoms with Gasteiger partial charge in [-0.3, -0.25) is 4.79 Å². The number of quaternary nitrogens is 1. The van der Waals surface area contributed by atoms with E-state index in [2.05, 4.69) is 31.4 Å². The largest absolute Gasteiger partial charge is 1.00 e. The maximum Gasteiger partial charge on any atom is 0.255 e. The second-order valence-corrected chi connectivity index (χ2v) is 8.80. The zero-order valence-corrected chi connectivity index (χ0v) is 19.7. The zero-order valence-electron chi connectivity index (χ0n) is 17.5. The lowest BCUT2D eigenvalue weighted by atomic mass is 10.0. The molecule has 1 aliphatic rings. The molecule has 30 heavy (non-hydrogen) atoms. The number of ether oxygens (including phenoxy) is 1. The van der Waals surface area contributed by atoms with Crippen LogP contribution in [0.5, 0.6) is 0 Å². The summed E-state index contributed by atoms with van der Waals surface area (Å²) in [4.78, 5) is 12.5. The number of nitrogens with one attached hydrogen (secondary N) is 1. The Morgan fingerprint density at radius 1 is 1.10 bits per heavy atom. The molecule has 1 heterocycles. The minimum Gasteiger partial charge on any atom is -1.00 e. The number of nitrogens with zero attached hydrogens (tertiary/aromatic N) is 1. The van der Waals surface area contributed by atoms with E-state index in [9.17, 15) is 4.79 Å². The monoisotopic (exact) mass is 470 g/mol. The molecule has 0 bridgehead atoms. The van der Waals surface area contributed by atoms with Crippen molar-refractivity contribution in [3.8, 4) is 0 Å². The highest BCUT2D eigenvalue weighted by Gasteiger charge is 2.33. The van der Waals surface area contributed by atoms with Crippen molar-refractivity contribution in [2.45, 2.75) is 38.8 Å². The second-order valence-electron chi connectivity index (χ2n) is 7.98. The van der Waals surface area contributed by atoms with Gasteiger partial charge in [0.2, 0.25) is 0 Å². The summed E-state index contributed by atoms with van der Waals surface area (Å²) in [5.41, 5.74) is 2.52. The molecular formula is C23H29Cl3N2O2. The van der Waals surface area contributed by atoms with Crippen LogP contribution >= 0.6 is 23.2 Å². The molecule has 2 aromatic carbocycles. The van der Waals surface area contributed by atoms with Gasteiger partial charge in [0, 0.05) is 29.7 Å². The number of benzene rings is 2. The minimum atomic E-state index is -0.204. The van der Waals surface area contributed by atoms with Gasteiger partial charge in [-0.05, 0) is 36.8 Å². The van der Waals surface area contributed by atoms with Crippen molar-refractivity contribution in [2.75, 3.05) is 32.1 Å². The van der Waals surface area contributed by atoms with Crippen LogP contribution in [0.1, 0.15) is 42.1 Å². The predicted octanol–water partition coefficient (Wildman–Crippen LogP) is 2.79. The average molecular weight is 472 g/mol. The summed E-state index contributed by atoms with van der Waals surface area (Å²) in [5.74, 6) is -0.204. The molecule has 1 fully saturated rings. The van der Waals surface area contributed by atoms with E-state index in [0.29, 0.717) is 21.7 Å². The summed E-state index contributed by atoms with van der Waals surface area (Å²) >= 11 is 11.9. The summed E-state index contributed by atoms with van der Waals surface area (Å²) in [5, 5.41) is 3.73. The molecule has 1 aliphatic heterocycles. The van der Waals surface area contributed by atoms with Gasteiger partial charge < -0.3 is 26.9 Å². The minimum absolute atomic E-state index is 0. The van der Waals surface area contributed by atoms with Crippen molar-refractivity contribution in [1.82, 2.24) is 0 Å². The van der Waals surface area contributed by atoms with Gasteiger partial charge in [-0.2, -0.15) is 0 Å². The molecule has 0 aromatic heterocycles. The molecule has 7 heteroatoms. The number of rotatable bonds is 7. The molecule has 1 saturated heterocycles. The fraction of sp³-hybridized carbons (Fsp3) is 0.435. The van der Waals surface area contributed by atoms with Gasteiger partial charge in [-0.25, -0.2) is 0 Å². The van der Waals surface area contributed by atoms with Crippen LogP contribution in [0.15, 0.2) is 42.5 Å². The van der Waals surface area contributed by atoms with Crippen molar-refractivity contribution in [3.63, 3.8) is 0 Å². The maximum atomic E-state index is 12.5. The number of hydrogen-bond acceptors (Lipinski definition) is 2. The number of anilines is 1. The molecule has 0 radical (unpaired) electrons. The van der Waals surface area contributed by atoms with Crippen LogP contribution in [0.4, 0.5) is 5.69 Å². The average Bonchev–Trinajstić information content (AvgIpc) is 2.72. The van der Waals surface area contributed by atoms with Crippen LogP contribution in [0.3, 0.4) is 0 Å². The third-order valence-corrected chi connectivity index (χ3v) is 6.48. The molecule has 0 spiro atoms. The van der Waals surface area contributed by atoms with Crippen molar-refractivity contribution in [2.24, 2.45) is 0 Å². The summed E-state index contributed by atoms with van der Waals surface area (Å²) in [7, 11) is 2.36. The first-order valence-electron chi connectivity index (χ1n) is 10.2. The molecule has 2 aromatic rings. The van der Waals surface area contributed by atoms with Crippen LogP contribution in [0.25, 0.3) is 0 Å². The van der Waals surface area contributed by atoms with Gasteiger partial charge >= 0.3 is 0 Å². The topological polar surface area (TPSA) is 38.3 Å².